The Morgan fingerprint density at radius 2 is 2.44 bits per heavy atom. The first-order chi connectivity index (χ1) is 4.25. The van der Waals surface area contributed by atoms with Crippen molar-refractivity contribution < 1.29 is 4.79 Å². The number of nitrogens with zero attached hydrogens (tertiary/aromatic N) is 1. The summed E-state index contributed by atoms with van der Waals surface area (Å²) >= 11 is 0. The van der Waals surface area contributed by atoms with Crippen molar-refractivity contribution in [1.29, 1.82) is 0 Å². The van der Waals surface area contributed by atoms with Crippen LogP contribution in [0.4, 0.5) is 0 Å². The van der Waals surface area contributed by atoms with Crippen molar-refractivity contribution in [2.24, 2.45) is 0 Å². The Labute approximate surface area is 55.8 Å². The maximum atomic E-state index is 10.7. The zero-order valence-corrected chi connectivity index (χ0v) is 6.05. The van der Waals surface area contributed by atoms with Crippen LogP contribution in [0.15, 0.2) is 0 Å². The van der Waals surface area contributed by atoms with Gasteiger partial charge in [0.1, 0.15) is 0 Å². The van der Waals surface area contributed by atoms with Gasteiger partial charge >= 0.3 is 0 Å². The zero-order valence-electron chi connectivity index (χ0n) is 6.05. The van der Waals surface area contributed by atoms with Crippen LogP contribution in [-0.2, 0) is 4.79 Å². The second-order valence-corrected chi connectivity index (χ2v) is 2.56. The van der Waals surface area contributed by atoms with Crippen molar-refractivity contribution >= 4 is 5.91 Å². The fraction of sp³-hybridized carbons (Fsp3) is 0.857. The quantitative estimate of drug-likeness (QED) is 0.515. The third-order valence-electron chi connectivity index (χ3n) is 2.02. The molecule has 52 valence electrons. The summed E-state index contributed by atoms with van der Waals surface area (Å²) in [6.45, 7) is 4.75. The Kier molecular flexibility index (Phi) is 1.74. The molecule has 0 aliphatic carbocycles. The standard InChI is InChI=1S/C7H13NO/c1-3-7-4-5-8(7)6(2)9/h7H,3-5H2,1-2H3. The minimum atomic E-state index is 0.230. The van der Waals surface area contributed by atoms with Gasteiger partial charge in [0.05, 0.1) is 0 Å². The van der Waals surface area contributed by atoms with E-state index in [4.69, 9.17) is 0 Å². The molecule has 1 fully saturated rings. The Morgan fingerprint density at radius 3 is 2.56 bits per heavy atom. The van der Waals surface area contributed by atoms with Crippen molar-refractivity contribution in [3.8, 4) is 0 Å². The van der Waals surface area contributed by atoms with Gasteiger partial charge in [-0.2, -0.15) is 0 Å². The summed E-state index contributed by atoms with van der Waals surface area (Å²) in [6, 6.07) is 0.558. The number of rotatable bonds is 1. The number of likely N-dealkylation sites (tertiary alicyclic amines) is 1. The van der Waals surface area contributed by atoms with Crippen molar-refractivity contribution in [1.82, 2.24) is 4.90 Å². The molecule has 1 rings (SSSR count). The van der Waals surface area contributed by atoms with Crippen LogP contribution in [0.5, 0.6) is 0 Å². The van der Waals surface area contributed by atoms with E-state index in [2.05, 4.69) is 6.92 Å². The molecule has 0 aromatic rings. The second kappa shape index (κ2) is 2.38. The molecule has 0 N–H and O–H groups in total. The van der Waals surface area contributed by atoms with Gasteiger partial charge in [0.25, 0.3) is 0 Å². The minimum absolute atomic E-state index is 0.230. The van der Waals surface area contributed by atoms with Crippen LogP contribution < -0.4 is 0 Å². The highest BCUT2D eigenvalue weighted by atomic mass is 16.2. The molecule has 1 amide bonds. The van der Waals surface area contributed by atoms with E-state index in [0.29, 0.717) is 6.04 Å². The first-order valence-corrected chi connectivity index (χ1v) is 3.53. The van der Waals surface area contributed by atoms with Crippen LogP contribution in [0.2, 0.25) is 0 Å². The van der Waals surface area contributed by atoms with Gasteiger partial charge in [0, 0.05) is 19.5 Å². The minimum Gasteiger partial charge on any atom is -0.340 e. The van der Waals surface area contributed by atoms with E-state index >= 15 is 0 Å². The summed E-state index contributed by atoms with van der Waals surface area (Å²) in [6.07, 6.45) is 2.32. The zero-order chi connectivity index (χ0) is 6.85. The molecule has 1 heterocycles. The molecule has 0 aromatic heterocycles. The van der Waals surface area contributed by atoms with Crippen molar-refractivity contribution in [3.05, 3.63) is 0 Å². The third kappa shape index (κ3) is 1.07. The molecule has 0 bridgehead atoms. The highest BCUT2D eigenvalue weighted by Crippen LogP contribution is 2.19. The average molecular weight is 127 g/mol. The lowest BCUT2D eigenvalue weighted by atomic mass is 10.0. The molecule has 2 nitrogen and oxygen atoms in total. The third-order valence-corrected chi connectivity index (χ3v) is 2.02. The lowest BCUT2D eigenvalue weighted by molar-refractivity contribution is -0.136. The maximum absolute atomic E-state index is 10.7. The summed E-state index contributed by atoms with van der Waals surface area (Å²) in [5.74, 6) is 0.230. The van der Waals surface area contributed by atoms with Crippen molar-refractivity contribution in [2.75, 3.05) is 6.54 Å². The Morgan fingerprint density at radius 1 is 1.78 bits per heavy atom. The molecule has 1 aliphatic rings. The van der Waals surface area contributed by atoms with Gasteiger partial charge < -0.3 is 4.90 Å². The highest BCUT2D eigenvalue weighted by molar-refractivity contribution is 5.74. The number of hydrogen-bond acceptors (Lipinski definition) is 1. The van der Waals surface area contributed by atoms with Crippen LogP contribution in [-0.4, -0.2) is 23.4 Å². The molecule has 0 aromatic carbocycles. The van der Waals surface area contributed by atoms with E-state index in [1.54, 1.807) is 6.92 Å². The Balaban J connectivity index is 2.35. The molecule has 1 aliphatic heterocycles. The Hall–Kier alpha value is -0.530. The maximum Gasteiger partial charge on any atom is 0.219 e. The second-order valence-electron chi connectivity index (χ2n) is 2.56. The molecule has 1 saturated heterocycles. The molecular weight excluding hydrogens is 114 g/mol. The predicted molar refractivity (Wildman–Crippen MR) is 36.1 cm³/mol. The monoisotopic (exact) mass is 127 g/mol. The summed E-state index contributed by atoms with van der Waals surface area (Å²) in [4.78, 5) is 12.7. The molecule has 0 radical (unpaired) electrons. The summed E-state index contributed by atoms with van der Waals surface area (Å²) < 4.78 is 0. The smallest absolute Gasteiger partial charge is 0.219 e. The van der Waals surface area contributed by atoms with Gasteiger partial charge in [-0.05, 0) is 12.8 Å². The fourth-order valence-electron chi connectivity index (χ4n) is 1.28. The number of carbonyl (C=O) groups is 1. The van der Waals surface area contributed by atoms with E-state index in [1.807, 2.05) is 4.90 Å². The molecular formula is C7H13NO. The van der Waals surface area contributed by atoms with Crippen LogP contribution >= 0.6 is 0 Å². The van der Waals surface area contributed by atoms with E-state index in [9.17, 15) is 4.79 Å². The van der Waals surface area contributed by atoms with Crippen molar-refractivity contribution in [2.45, 2.75) is 32.7 Å². The van der Waals surface area contributed by atoms with Crippen LogP contribution in [0.1, 0.15) is 26.7 Å². The number of hydrogen-bond donors (Lipinski definition) is 0. The molecule has 2 heteroatoms. The normalized spacial score (nSPS) is 25.6. The topological polar surface area (TPSA) is 20.3 Å². The summed E-state index contributed by atoms with van der Waals surface area (Å²) in [5.41, 5.74) is 0. The summed E-state index contributed by atoms with van der Waals surface area (Å²) in [7, 11) is 0. The van der Waals surface area contributed by atoms with Gasteiger partial charge in [0.15, 0.2) is 0 Å². The lowest BCUT2D eigenvalue weighted by Gasteiger charge is -2.39. The van der Waals surface area contributed by atoms with Gasteiger partial charge in [-0.25, -0.2) is 0 Å². The van der Waals surface area contributed by atoms with E-state index in [-0.39, 0.29) is 5.91 Å². The largest absolute Gasteiger partial charge is 0.340 e. The van der Waals surface area contributed by atoms with Gasteiger partial charge in [-0.1, -0.05) is 6.92 Å². The number of carbonyl (C=O) groups excluding carboxylic acids is 1. The van der Waals surface area contributed by atoms with Gasteiger partial charge in [-0.15, -0.1) is 0 Å². The number of amides is 1. The molecule has 0 spiro atoms. The van der Waals surface area contributed by atoms with Gasteiger partial charge in [-0.3, -0.25) is 4.79 Å². The van der Waals surface area contributed by atoms with E-state index < -0.39 is 0 Å². The van der Waals surface area contributed by atoms with Crippen LogP contribution in [0, 0.1) is 0 Å². The first-order valence-electron chi connectivity index (χ1n) is 3.53. The van der Waals surface area contributed by atoms with E-state index in [0.717, 1.165) is 13.0 Å². The molecule has 0 saturated carbocycles. The Bertz CT molecular complexity index is 120. The lowest BCUT2D eigenvalue weighted by Crippen LogP contribution is -2.49. The highest BCUT2D eigenvalue weighted by Gasteiger charge is 2.27. The fourth-order valence-corrected chi connectivity index (χ4v) is 1.28. The van der Waals surface area contributed by atoms with Crippen LogP contribution in [0.3, 0.4) is 0 Å². The van der Waals surface area contributed by atoms with Crippen LogP contribution in [0.25, 0.3) is 0 Å². The van der Waals surface area contributed by atoms with Crippen molar-refractivity contribution in [3.63, 3.8) is 0 Å². The molecule has 1 unspecified atom stereocenters. The SMILES string of the molecule is CCC1CCN1C(C)=O. The average Bonchev–Trinajstić information content (AvgIpc) is 1.61. The molecule has 9 heavy (non-hydrogen) atoms. The first kappa shape index (κ1) is 6.59. The molecule has 1 atom stereocenters. The summed E-state index contributed by atoms with van der Waals surface area (Å²) in [5, 5.41) is 0. The van der Waals surface area contributed by atoms with E-state index in [1.165, 1.54) is 6.42 Å². The predicted octanol–water partition coefficient (Wildman–Crippen LogP) is 1.02. The van der Waals surface area contributed by atoms with Gasteiger partial charge in [0.2, 0.25) is 5.91 Å².